The lowest BCUT2D eigenvalue weighted by molar-refractivity contribution is -0.129. The van der Waals surface area contributed by atoms with E-state index in [0.717, 1.165) is 18.8 Å². The molecule has 3 nitrogen and oxygen atoms in total. The van der Waals surface area contributed by atoms with Gasteiger partial charge in [0, 0.05) is 38.8 Å². The minimum Gasteiger partial charge on any atom is -0.368 e. The molecule has 1 fully saturated rings. The van der Waals surface area contributed by atoms with Gasteiger partial charge in [0.15, 0.2) is 0 Å². The minimum absolute atomic E-state index is 0.113. The summed E-state index contributed by atoms with van der Waals surface area (Å²) in [5, 5.41) is 1.28. The summed E-state index contributed by atoms with van der Waals surface area (Å²) in [5.41, 5.74) is 0.942. The van der Waals surface area contributed by atoms with Crippen LogP contribution in [0.3, 0.4) is 0 Å². The van der Waals surface area contributed by atoms with Crippen LogP contribution in [0.25, 0.3) is 0 Å². The van der Waals surface area contributed by atoms with Gasteiger partial charge in [-0.2, -0.15) is 0 Å². The normalized spacial score (nSPS) is 16.0. The first-order valence-corrected chi connectivity index (χ1v) is 6.77. The monoisotopic (exact) mass is 306 g/mol. The number of rotatable bonds is 1. The molecular formula is C12H13Cl3N2O. The number of anilines is 1. The molecule has 0 saturated carbocycles. The second-order valence-corrected chi connectivity index (χ2v) is 5.41. The van der Waals surface area contributed by atoms with Gasteiger partial charge in [-0.15, -0.1) is 0 Å². The number of carbonyl (C=O) groups is 1. The van der Waals surface area contributed by atoms with Crippen LogP contribution in [0.5, 0.6) is 0 Å². The van der Waals surface area contributed by atoms with Crippen LogP contribution in [-0.4, -0.2) is 37.0 Å². The second kappa shape index (κ2) is 5.55. The van der Waals surface area contributed by atoms with Crippen LogP contribution in [0, 0.1) is 0 Å². The fourth-order valence-corrected chi connectivity index (χ4v) is 2.59. The van der Waals surface area contributed by atoms with Gasteiger partial charge in [-0.3, -0.25) is 4.79 Å². The van der Waals surface area contributed by atoms with Gasteiger partial charge in [-0.25, -0.2) is 0 Å². The summed E-state index contributed by atoms with van der Waals surface area (Å²) in [7, 11) is 0. The van der Waals surface area contributed by atoms with Gasteiger partial charge >= 0.3 is 0 Å². The van der Waals surface area contributed by atoms with Gasteiger partial charge < -0.3 is 9.80 Å². The molecule has 1 aliphatic rings. The molecule has 2 rings (SSSR count). The number of amides is 1. The van der Waals surface area contributed by atoms with Crippen molar-refractivity contribution in [1.29, 1.82) is 0 Å². The van der Waals surface area contributed by atoms with E-state index in [1.807, 2.05) is 4.90 Å². The molecule has 0 N–H and O–H groups in total. The van der Waals surface area contributed by atoms with E-state index in [-0.39, 0.29) is 5.91 Å². The van der Waals surface area contributed by atoms with Crippen molar-refractivity contribution in [3.05, 3.63) is 27.2 Å². The van der Waals surface area contributed by atoms with Crippen molar-refractivity contribution in [3.63, 3.8) is 0 Å². The molecule has 0 aromatic heterocycles. The van der Waals surface area contributed by atoms with E-state index in [4.69, 9.17) is 34.8 Å². The maximum absolute atomic E-state index is 11.2. The van der Waals surface area contributed by atoms with Crippen LogP contribution < -0.4 is 4.90 Å². The summed E-state index contributed by atoms with van der Waals surface area (Å²) in [6.07, 6.45) is 0. The van der Waals surface area contributed by atoms with E-state index in [2.05, 4.69) is 4.90 Å². The Labute approximate surface area is 121 Å². The van der Waals surface area contributed by atoms with Gasteiger partial charge in [0.05, 0.1) is 15.1 Å². The molecule has 18 heavy (non-hydrogen) atoms. The Hall–Kier alpha value is -0.640. The molecule has 1 aromatic rings. The van der Waals surface area contributed by atoms with Crippen molar-refractivity contribution in [1.82, 2.24) is 4.90 Å². The zero-order chi connectivity index (χ0) is 13.3. The summed E-state index contributed by atoms with van der Waals surface area (Å²) < 4.78 is 0. The van der Waals surface area contributed by atoms with Crippen LogP contribution in [0.2, 0.25) is 15.1 Å². The average molecular weight is 308 g/mol. The third-order valence-corrected chi connectivity index (χ3v) is 4.26. The molecule has 1 saturated heterocycles. The number of benzene rings is 1. The second-order valence-electron chi connectivity index (χ2n) is 4.22. The van der Waals surface area contributed by atoms with E-state index in [1.54, 1.807) is 19.1 Å². The third kappa shape index (κ3) is 2.85. The molecule has 0 unspecified atom stereocenters. The van der Waals surface area contributed by atoms with E-state index in [0.29, 0.717) is 28.2 Å². The van der Waals surface area contributed by atoms with Gasteiger partial charge in [-0.1, -0.05) is 34.8 Å². The first-order chi connectivity index (χ1) is 8.49. The number of hydrogen-bond acceptors (Lipinski definition) is 2. The fourth-order valence-electron chi connectivity index (χ4n) is 2.00. The first-order valence-electron chi connectivity index (χ1n) is 5.64. The molecule has 0 radical (unpaired) electrons. The SMILES string of the molecule is CC(=O)N1CCN(c2cc(Cl)c(Cl)c(Cl)c2)CC1. The highest BCUT2D eigenvalue weighted by Crippen LogP contribution is 2.34. The fraction of sp³-hybridized carbons (Fsp3) is 0.417. The Balaban J connectivity index is 2.12. The van der Waals surface area contributed by atoms with Gasteiger partial charge in [-0.05, 0) is 12.1 Å². The van der Waals surface area contributed by atoms with E-state index >= 15 is 0 Å². The quantitative estimate of drug-likeness (QED) is 0.743. The Bertz CT molecular complexity index is 447. The number of halogens is 3. The topological polar surface area (TPSA) is 23.6 Å². The van der Waals surface area contributed by atoms with Gasteiger partial charge in [0.2, 0.25) is 5.91 Å². The number of nitrogens with zero attached hydrogens (tertiary/aromatic N) is 2. The van der Waals surface area contributed by atoms with E-state index in [9.17, 15) is 4.79 Å². The van der Waals surface area contributed by atoms with Crippen LogP contribution in [0.1, 0.15) is 6.92 Å². The Kier molecular flexibility index (Phi) is 4.25. The highest BCUT2D eigenvalue weighted by atomic mass is 35.5. The van der Waals surface area contributed by atoms with Crippen molar-refractivity contribution < 1.29 is 4.79 Å². The van der Waals surface area contributed by atoms with Crippen molar-refractivity contribution in [2.45, 2.75) is 6.92 Å². The average Bonchev–Trinajstić information content (AvgIpc) is 2.35. The highest BCUT2D eigenvalue weighted by Gasteiger charge is 2.20. The molecule has 98 valence electrons. The van der Waals surface area contributed by atoms with E-state index < -0.39 is 0 Å². The molecule has 1 aliphatic heterocycles. The number of piperazine rings is 1. The standard InChI is InChI=1S/C12H13Cl3N2O/c1-8(18)16-2-4-17(5-3-16)9-6-10(13)12(15)11(14)7-9/h6-7H,2-5H2,1H3. The summed E-state index contributed by atoms with van der Waals surface area (Å²) in [6, 6.07) is 3.61. The Morgan fingerprint density at radius 2 is 1.56 bits per heavy atom. The largest absolute Gasteiger partial charge is 0.368 e. The summed E-state index contributed by atoms with van der Waals surface area (Å²) in [4.78, 5) is 15.2. The Morgan fingerprint density at radius 1 is 1.06 bits per heavy atom. The first kappa shape index (κ1) is 13.8. The summed E-state index contributed by atoms with van der Waals surface area (Å²) in [5.74, 6) is 0.113. The molecule has 1 heterocycles. The van der Waals surface area contributed by atoms with Gasteiger partial charge in [0.1, 0.15) is 0 Å². The molecule has 0 spiro atoms. The predicted molar refractivity (Wildman–Crippen MR) is 75.9 cm³/mol. The molecule has 6 heteroatoms. The maximum Gasteiger partial charge on any atom is 0.219 e. The number of hydrogen-bond donors (Lipinski definition) is 0. The lowest BCUT2D eigenvalue weighted by Gasteiger charge is -2.35. The van der Waals surface area contributed by atoms with Crippen LogP contribution in [0.15, 0.2) is 12.1 Å². The molecule has 1 amide bonds. The maximum atomic E-state index is 11.2. The van der Waals surface area contributed by atoms with Crippen LogP contribution >= 0.6 is 34.8 Å². The molecule has 0 atom stereocenters. The van der Waals surface area contributed by atoms with E-state index in [1.165, 1.54) is 0 Å². The van der Waals surface area contributed by atoms with Crippen molar-refractivity contribution in [3.8, 4) is 0 Å². The van der Waals surface area contributed by atoms with Gasteiger partial charge in [0.25, 0.3) is 0 Å². The zero-order valence-electron chi connectivity index (χ0n) is 9.92. The zero-order valence-corrected chi connectivity index (χ0v) is 12.2. The van der Waals surface area contributed by atoms with Crippen LogP contribution in [-0.2, 0) is 4.79 Å². The lowest BCUT2D eigenvalue weighted by Crippen LogP contribution is -2.48. The summed E-state index contributed by atoms with van der Waals surface area (Å²) >= 11 is 17.9. The molecule has 0 aliphatic carbocycles. The molecule has 0 bridgehead atoms. The Morgan fingerprint density at radius 3 is 2.00 bits per heavy atom. The smallest absolute Gasteiger partial charge is 0.219 e. The van der Waals surface area contributed by atoms with Crippen LogP contribution in [0.4, 0.5) is 5.69 Å². The molecule has 1 aromatic carbocycles. The van der Waals surface area contributed by atoms with Crippen molar-refractivity contribution >= 4 is 46.4 Å². The molecular weight excluding hydrogens is 295 g/mol. The number of carbonyl (C=O) groups excluding carboxylic acids is 1. The lowest BCUT2D eigenvalue weighted by atomic mass is 10.2. The van der Waals surface area contributed by atoms with Crippen molar-refractivity contribution in [2.75, 3.05) is 31.1 Å². The van der Waals surface area contributed by atoms with Crippen molar-refractivity contribution in [2.24, 2.45) is 0 Å². The minimum atomic E-state index is 0.113. The third-order valence-electron chi connectivity index (χ3n) is 3.06. The summed E-state index contributed by atoms with van der Waals surface area (Å²) in [6.45, 7) is 4.56. The predicted octanol–water partition coefficient (Wildman–Crippen LogP) is 3.32. The highest BCUT2D eigenvalue weighted by molar-refractivity contribution is 6.48.